The summed E-state index contributed by atoms with van der Waals surface area (Å²) in [6.45, 7) is 1.63. The summed E-state index contributed by atoms with van der Waals surface area (Å²) in [5.41, 5.74) is 1.78. The number of carbonyl (C=O) groups is 1. The highest BCUT2D eigenvalue weighted by atomic mass is 35.5. The zero-order valence-electron chi connectivity index (χ0n) is 7.29. The highest BCUT2D eigenvalue weighted by Crippen LogP contribution is 2.06. The summed E-state index contributed by atoms with van der Waals surface area (Å²) in [6.07, 6.45) is 3.34. The molecule has 0 aliphatic rings. The van der Waals surface area contributed by atoms with Crippen LogP contribution in [-0.4, -0.2) is 11.0 Å². The van der Waals surface area contributed by atoms with E-state index in [1.54, 1.807) is 12.4 Å². The summed E-state index contributed by atoms with van der Waals surface area (Å²) in [4.78, 5) is 14.5. The lowest BCUT2D eigenvalue weighted by Gasteiger charge is -2.02. The number of nitrogens with zero attached hydrogens (tertiary/aromatic N) is 1. The summed E-state index contributed by atoms with van der Waals surface area (Å²) in [5, 5.41) is 0. The molecule has 0 aromatic carbocycles. The quantitative estimate of drug-likeness (QED) is 0.551. The van der Waals surface area contributed by atoms with E-state index in [9.17, 15) is 4.79 Å². The molecule has 1 heterocycles. The minimum Gasteiger partial charge on any atom is -0.461 e. The molecule has 0 amide bonds. The Kier molecular flexibility index (Phi) is 3.71. The summed E-state index contributed by atoms with van der Waals surface area (Å²) in [5.74, 6) is 0.122. The van der Waals surface area contributed by atoms with Crippen molar-refractivity contribution in [2.75, 3.05) is 0 Å². The SMILES string of the molecule is CC(=O)OCc1cncc(CCl)c1. The molecule has 1 aromatic rings. The third kappa shape index (κ3) is 3.42. The van der Waals surface area contributed by atoms with E-state index in [1.807, 2.05) is 6.07 Å². The van der Waals surface area contributed by atoms with Gasteiger partial charge < -0.3 is 4.74 Å². The summed E-state index contributed by atoms with van der Waals surface area (Å²) < 4.78 is 4.81. The van der Waals surface area contributed by atoms with Gasteiger partial charge in [0.15, 0.2) is 0 Å². The molecular formula is C9H10ClNO2. The van der Waals surface area contributed by atoms with E-state index in [-0.39, 0.29) is 12.6 Å². The standard InChI is InChI=1S/C9H10ClNO2/c1-7(12)13-6-9-2-8(3-10)4-11-5-9/h2,4-5H,3,6H2,1H3. The first-order chi connectivity index (χ1) is 6.22. The summed E-state index contributed by atoms with van der Waals surface area (Å²) >= 11 is 5.61. The number of rotatable bonds is 3. The van der Waals surface area contributed by atoms with Gasteiger partial charge in [0.1, 0.15) is 6.61 Å². The maximum Gasteiger partial charge on any atom is 0.302 e. The number of esters is 1. The Balaban J connectivity index is 2.61. The molecule has 4 heteroatoms. The molecule has 3 nitrogen and oxygen atoms in total. The van der Waals surface area contributed by atoms with Crippen LogP contribution in [0.25, 0.3) is 0 Å². The van der Waals surface area contributed by atoms with Crippen molar-refractivity contribution in [3.05, 3.63) is 29.6 Å². The Morgan fingerprint density at radius 1 is 1.54 bits per heavy atom. The van der Waals surface area contributed by atoms with Gasteiger partial charge in [-0.1, -0.05) is 0 Å². The van der Waals surface area contributed by atoms with Crippen LogP contribution in [0.2, 0.25) is 0 Å². The first kappa shape index (κ1) is 9.99. The molecule has 70 valence electrons. The van der Waals surface area contributed by atoms with Crippen molar-refractivity contribution < 1.29 is 9.53 Å². The molecule has 0 saturated carbocycles. The van der Waals surface area contributed by atoms with Gasteiger partial charge in [0.2, 0.25) is 0 Å². The molecule has 0 unspecified atom stereocenters. The number of alkyl halides is 1. The van der Waals surface area contributed by atoms with Crippen LogP contribution in [0.4, 0.5) is 0 Å². The van der Waals surface area contributed by atoms with E-state index in [1.165, 1.54) is 6.92 Å². The molecule has 1 rings (SSSR count). The van der Waals surface area contributed by atoms with E-state index in [0.29, 0.717) is 5.88 Å². The maximum absolute atomic E-state index is 10.5. The second kappa shape index (κ2) is 4.82. The van der Waals surface area contributed by atoms with Crippen LogP contribution >= 0.6 is 11.6 Å². The summed E-state index contributed by atoms with van der Waals surface area (Å²) in [6, 6.07) is 1.86. The number of carbonyl (C=O) groups excluding carboxylic acids is 1. The minimum atomic E-state index is -0.295. The topological polar surface area (TPSA) is 39.2 Å². The van der Waals surface area contributed by atoms with Crippen molar-refractivity contribution in [1.29, 1.82) is 0 Å². The third-order valence-electron chi connectivity index (χ3n) is 1.45. The second-order valence-corrected chi connectivity index (χ2v) is 2.88. The molecule has 1 aromatic heterocycles. The van der Waals surface area contributed by atoms with Crippen molar-refractivity contribution in [2.45, 2.75) is 19.4 Å². The van der Waals surface area contributed by atoms with Crippen LogP contribution in [0.1, 0.15) is 18.1 Å². The van der Waals surface area contributed by atoms with Gasteiger partial charge in [0, 0.05) is 30.8 Å². The van der Waals surface area contributed by atoms with Crippen molar-refractivity contribution in [3.8, 4) is 0 Å². The van der Waals surface area contributed by atoms with Crippen molar-refractivity contribution in [1.82, 2.24) is 4.98 Å². The molecule has 0 aliphatic heterocycles. The van der Waals surface area contributed by atoms with Gasteiger partial charge in [-0.05, 0) is 11.6 Å². The Hall–Kier alpha value is -1.09. The minimum absolute atomic E-state index is 0.257. The zero-order valence-corrected chi connectivity index (χ0v) is 8.04. The molecular weight excluding hydrogens is 190 g/mol. The Bertz CT molecular complexity index is 301. The number of hydrogen-bond donors (Lipinski definition) is 0. The van der Waals surface area contributed by atoms with Crippen LogP contribution < -0.4 is 0 Å². The van der Waals surface area contributed by atoms with E-state index in [2.05, 4.69) is 4.98 Å². The molecule has 0 N–H and O–H groups in total. The number of ether oxygens (including phenoxy) is 1. The first-order valence-electron chi connectivity index (χ1n) is 3.84. The molecule has 0 aliphatic carbocycles. The van der Waals surface area contributed by atoms with Gasteiger partial charge in [-0.2, -0.15) is 0 Å². The van der Waals surface area contributed by atoms with Crippen LogP contribution in [0.3, 0.4) is 0 Å². The smallest absolute Gasteiger partial charge is 0.302 e. The lowest BCUT2D eigenvalue weighted by atomic mass is 10.2. The van der Waals surface area contributed by atoms with E-state index in [4.69, 9.17) is 16.3 Å². The Labute approximate surface area is 81.7 Å². The third-order valence-corrected chi connectivity index (χ3v) is 1.76. The van der Waals surface area contributed by atoms with Gasteiger partial charge in [0.05, 0.1) is 0 Å². The van der Waals surface area contributed by atoms with Crippen LogP contribution in [0.15, 0.2) is 18.5 Å². The lowest BCUT2D eigenvalue weighted by molar-refractivity contribution is -0.142. The second-order valence-electron chi connectivity index (χ2n) is 2.62. The predicted molar refractivity (Wildman–Crippen MR) is 49.3 cm³/mol. The zero-order chi connectivity index (χ0) is 9.68. The number of aromatic nitrogens is 1. The predicted octanol–water partition coefficient (Wildman–Crippen LogP) is 1.88. The van der Waals surface area contributed by atoms with Gasteiger partial charge in [-0.15, -0.1) is 11.6 Å². The number of hydrogen-bond acceptors (Lipinski definition) is 3. The molecule has 0 fully saturated rings. The van der Waals surface area contributed by atoms with E-state index >= 15 is 0 Å². The fourth-order valence-electron chi connectivity index (χ4n) is 0.878. The lowest BCUT2D eigenvalue weighted by Crippen LogP contribution is -1.99. The van der Waals surface area contributed by atoms with E-state index < -0.39 is 0 Å². The fourth-order valence-corrected chi connectivity index (χ4v) is 1.02. The normalized spacial score (nSPS) is 9.69. The highest BCUT2D eigenvalue weighted by Gasteiger charge is 1.98. The molecule has 0 bridgehead atoms. The first-order valence-corrected chi connectivity index (χ1v) is 4.38. The van der Waals surface area contributed by atoms with Crippen LogP contribution in [-0.2, 0) is 22.0 Å². The molecule has 0 saturated heterocycles. The monoisotopic (exact) mass is 199 g/mol. The summed E-state index contributed by atoms with van der Waals surface area (Å²) in [7, 11) is 0. The van der Waals surface area contributed by atoms with Crippen molar-refractivity contribution in [2.24, 2.45) is 0 Å². The fraction of sp³-hybridized carbons (Fsp3) is 0.333. The average molecular weight is 200 g/mol. The number of halogens is 1. The van der Waals surface area contributed by atoms with Gasteiger partial charge in [0.25, 0.3) is 0 Å². The van der Waals surface area contributed by atoms with Crippen molar-refractivity contribution >= 4 is 17.6 Å². The molecule has 0 atom stereocenters. The van der Waals surface area contributed by atoms with E-state index in [0.717, 1.165) is 11.1 Å². The van der Waals surface area contributed by atoms with Gasteiger partial charge in [-0.25, -0.2) is 0 Å². The Morgan fingerprint density at radius 3 is 2.85 bits per heavy atom. The molecule has 13 heavy (non-hydrogen) atoms. The Morgan fingerprint density at radius 2 is 2.23 bits per heavy atom. The highest BCUT2D eigenvalue weighted by molar-refractivity contribution is 6.17. The molecule has 0 spiro atoms. The van der Waals surface area contributed by atoms with Crippen molar-refractivity contribution in [3.63, 3.8) is 0 Å². The molecule has 0 radical (unpaired) electrons. The average Bonchev–Trinajstić information content (AvgIpc) is 2.15. The van der Waals surface area contributed by atoms with Crippen LogP contribution in [0.5, 0.6) is 0 Å². The number of pyridine rings is 1. The van der Waals surface area contributed by atoms with Gasteiger partial charge >= 0.3 is 5.97 Å². The maximum atomic E-state index is 10.5. The largest absolute Gasteiger partial charge is 0.461 e. The van der Waals surface area contributed by atoms with Gasteiger partial charge in [-0.3, -0.25) is 9.78 Å². The van der Waals surface area contributed by atoms with Crippen LogP contribution in [0, 0.1) is 0 Å².